The van der Waals surface area contributed by atoms with Crippen molar-refractivity contribution in [1.82, 2.24) is 10.2 Å². The van der Waals surface area contributed by atoms with Gasteiger partial charge in [-0.3, -0.25) is 4.90 Å². The molecule has 0 saturated carbocycles. The summed E-state index contributed by atoms with van der Waals surface area (Å²) in [6.07, 6.45) is 1.18. The SMILES string of the molecule is CC(C)NCC(C(C)C)N(C)C1CCOC1. The predicted molar refractivity (Wildman–Crippen MR) is 68.8 cm³/mol. The van der Waals surface area contributed by atoms with Gasteiger partial charge in [0.15, 0.2) is 0 Å². The van der Waals surface area contributed by atoms with Gasteiger partial charge in [-0.15, -0.1) is 0 Å². The van der Waals surface area contributed by atoms with Crippen LogP contribution in [0.3, 0.4) is 0 Å². The van der Waals surface area contributed by atoms with Crippen molar-refractivity contribution < 1.29 is 4.74 Å². The van der Waals surface area contributed by atoms with E-state index < -0.39 is 0 Å². The molecule has 2 atom stereocenters. The van der Waals surface area contributed by atoms with Crippen LogP contribution in [-0.2, 0) is 4.74 Å². The number of nitrogens with one attached hydrogen (secondary N) is 1. The van der Waals surface area contributed by atoms with Crippen molar-refractivity contribution in [2.45, 2.75) is 52.2 Å². The fraction of sp³-hybridized carbons (Fsp3) is 1.00. The summed E-state index contributed by atoms with van der Waals surface area (Å²) in [5.41, 5.74) is 0. The minimum absolute atomic E-state index is 0.564. The lowest BCUT2D eigenvalue weighted by atomic mass is 10.0. The molecule has 1 rings (SSSR count). The van der Waals surface area contributed by atoms with Gasteiger partial charge in [0.25, 0.3) is 0 Å². The number of nitrogens with zero attached hydrogens (tertiary/aromatic N) is 1. The van der Waals surface area contributed by atoms with Gasteiger partial charge in [0.05, 0.1) is 6.61 Å². The van der Waals surface area contributed by atoms with Gasteiger partial charge in [-0.05, 0) is 19.4 Å². The maximum Gasteiger partial charge on any atom is 0.0622 e. The van der Waals surface area contributed by atoms with Crippen LogP contribution in [0.2, 0.25) is 0 Å². The lowest BCUT2D eigenvalue weighted by molar-refractivity contribution is 0.109. The Bertz CT molecular complexity index is 188. The summed E-state index contributed by atoms with van der Waals surface area (Å²) in [5, 5.41) is 3.55. The monoisotopic (exact) mass is 228 g/mol. The maximum atomic E-state index is 5.47. The third kappa shape index (κ3) is 4.04. The minimum atomic E-state index is 0.564. The van der Waals surface area contributed by atoms with Gasteiger partial charge in [-0.1, -0.05) is 27.7 Å². The first kappa shape index (κ1) is 13.9. The highest BCUT2D eigenvalue weighted by molar-refractivity contribution is 4.83. The van der Waals surface area contributed by atoms with E-state index in [0.29, 0.717) is 24.0 Å². The van der Waals surface area contributed by atoms with E-state index in [2.05, 4.69) is 45.0 Å². The lowest BCUT2D eigenvalue weighted by Crippen LogP contribution is -2.49. The quantitative estimate of drug-likeness (QED) is 0.749. The Hall–Kier alpha value is -0.120. The molecular weight excluding hydrogens is 200 g/mol. The summed E-state index contributed by atoms with van der Waals surface area (Å²) < 4.78 is 5.47. The average Bonchev–Trinajstić information content (AvgIpc) is 2.69. The second kappa shape index (κ2) is 6.58. The first-order chi connectivity index (χ1) is 7.52. The van der Waals surface area contributed by atoms with Gasteiger partial charge in [-0.25, -0.2) is 0 Å². The maximum absolute atomic E-state index is 5.47. The molecule has 1 fully saturated rings. The topological polar surface area (TPSA) is 24.5 Å². The zero-order chi connectivity index (χ0) is 12.1. The lowest BCUT2D eigenvalue weighted by Gasteiger charge is -2.35. The molecule has 16 heavy (non-hydrogen) atoms. The summed E-state index contributed by atoms with van der Waals surface area (Å²) in [4.78, 5) is 2.51. The standard InChI is InChI=1S/C13H28N2O/c1-10(2)13(8-14-11(3)4)15(5)12-6-7-16-9-12/h10-14H,6-9H2,1-5H3. The number of rotatable bonds is 6. The van der Waals surface area contributed by atoms with E-state index in [9.17, 15) is 0 Å². The highest BCUT2D eigenvalue weighted by atomic mass is 16.5. The van der Waals surface area contributed by atoms with E-state index in [0.717, 1.165) is 19.8 Å². The molecule has 3 heteroatoms. The van der Waals surface area contributed by atoms with E-state index in [1.807, 2.05) is 0 Å². The zero-order valence-electron chi connectivity index (χ0n) is 11.5. The van der Waals surface area contributed by atoms with Crippen molar-refractivity contribution in [3.63, 3.8) is 0 Å². The van der Waals surface area contributed by atoms with Crippen LogP contribution in [0.15, 0.2) is 0 Å². The Kier molecular flexibility index (Phi) is 5.73. The van der Waals surface area contributed by atoms with Crippen LogP contribution in [0.5, 0.6) is 0 Å². The van der Waals surface area contributed by atoms with Gasteiger partial charge in [0.1, 0.15) is 0 Å². The summed E-state index contributed by atoms with van der Waals surface area (Å²) in [6.45, 7) is 11.9. The molecule has 0 spiro atoms. The molecule has 2 unspecified atom stereocenters. The third-order valence-electron chi connectivity index (χ3n) is 3.51. The number of hydrogen-bond acceptors (Lipinski definition) is 3. The molecule has 3 nitrogen and oxygen atoms in total. The third-order valence-corrected chi connectivity index (χ3v) is 3.51. The van der Waals surface area contributed by atoms with Crippen molar-refractivity contribution in [3.8, 4) is 0 Å². The van der Waals surface area contributed by atoms with Gasteiger partial charge in [-0.2, -0.15) is 0 Å². The number of ether oxygens (including phenoxy) is 1. The molecule has 1 aliphatic heterocycles. The van der Waals surface area contributed by atoms with Gasteiger partial charge in [0.2, 0.25) is 0 Å². The Balaban J connectivity index is 2.47. The van der Waals surface area contributed by atoms with Crippen molar-refractivity contribution in [2.75, 3.05) is 26.8 Å². The zero-order valence-corrected chi connectivity index (χ0v) is 11.5. The van der Waals surface area contributed by atoms with E-state index in [1.165, 1.54) is 6.42 Å². The molecule has 0 bridgehead atoms. The fourth-order valence-electron chi connectivity index (χ4n) is 2.32. The molecule has 1 heterocycles. The first-order valence-corrected chi connectivity index (χ1v) is 6.55. The van der Waals surface area contributed by atoms with Crippen LogP contribution in [0, 0.1) is 5.92 Å². The van der Waals surface area contributed by atoms with Crippen molar-refractivity contribution >= 4 is 0 Å². The molecule has 0 aromatic carbocycles. The fourth-order valence-corrected chi connectivity index (χ4v) is 2.32. The molecule has 1 saturated heterocycles. The number of likely N-dealkylation sites (N-methyl/N-ethyl adjacent to an activating group) is 1. The van der Waals surface area contributed by atoms with Crippen molar-refractivity contribution in [1.29, 1.82) is 0 Å². The molecule has 0 aliphatic carbocycles. The highest BCUT2D eigenvalue weighted by Crippen LogP contribution is 2.17. The molecule has 0 aromatic rings. The largest absolute Gasteiger partial charge is 0.380 e. The van der Waals surface area contributed by atoms with E-state index in [-0.39, 0.29) is 0 Å². The van der Waals surface area contributed by atoms with Gasteiger partial charge < -0.3 is 10.1 Å². The molecule has 0 aromatic heterocycles. The van der Waals surface area contributed by atoms with Crippen molar-refractivity contribution in [2.24, 2.45) is 5.92 Å². The minimum Gasteiger partial charge on any atom is -0.380 e. The first-order valence-electron chi connectivity index (χ1n) is 6.55. The molecule has 1 aliphatic rings. The Morgan fingerprint density at radius 3 is 2.44 bits per heavy atom. The Labute approximate surface area is 101 Å². The molecular formula is C13H28N2O. The molecule has 1 N–H and O–H groups in total. The summed E-state index contributed by atoms with van der Waals surface area (Å²) >= 11 is 0. The van der Waals surface area contributed by atoms with Gasteiger partial charge >= 0.3 is 0 Å². The van der Waals surface area contributed by atoms with Crippen LogP contribution in [-0.4, -0.2) is 49.8 Å². The summed E-state index contributed by atoms with van der Waals surface area (Å²) in [6, 6.07) is 1.78. The van der Waals surface area contributed by atoms with Crippen molar-refractivity contribution in [3.05, 3.63) is 0 Å². The Morgan fingerprint density at radius 2 is 2.00 bits per heavy atom. The molecule has 0 amide bonds. The average molecular weight is 228 g/mol. The summed E-state index contributed by atoms with van der Waals surface area (Å²) in [5.74, 6) is 0.678. The second-order valence-electron chi connectivity index (χ2n) is 5.56. The second-order valence-corrected chi connectivity index (χ2v) is 5.56. The Morgan fingerprint density at radius 1 is 1.31 bits per heavy atom. The van der Waals surface area contributed by atoms with E-state index in [4.69, 9.17) is 4.74 Å². The van der Waals surface area contributed by atoms with Crippen LogP contribution >= 0.6 is 0 Å². The van der Waals surface area contributed by atoms with E-state index >= 15 is 0 Å². The molecule has 96 valence electrons. The number of hydrogen-bond donors (Lipinski definition) is 1. The normalized spacial score (nSPS) is 23.6. The van der Waals surface area contributed by atoms with Crippen LogP contribution in [0.1, 0.15) is 34.1 Å². The van der Waals surface area contributed by atoms with Gasteiger partial charge in [0, 0.05) is 31.3 Å². The van der Waals surface area contributed by atoms with Crippen LogP contribution in [0.4, 0.5) is 0 Å². The van der Waals surface area contributed by atoms with Crippen LogP contribution in [0.25, 0.3) is 0 Å². The predicted octanol–water partition coefficient (Wildman–Crippen LogP) is 1.73. The smallest absolute Gasteiger partial charge is 0.0622 e. The van der Waals surface area contributed by atoms with E-state index in [1.54, 1.807) is 0 Å². The summed E-state index contributed by atoms with van der Waals surface area (Å²) in [7, 11) is 2.24. The highest BCUT2D eigenvalue weighted by Gasteiger charge is 2.27. The van der Waals surface area contributed by atoms with Crippen LogP contribution < -0.4 is 5.32 Å². The molecule has 0 radical (unpaired) electrons.